The zero-order valence-corrected chi connectivity index (χ0v) is 10.3. The van der Waals surface area contributed by atoms with Crippen LogP contribution in [0.3, 0.4) is 0 Å². The number of nitrogens with two attached hydrogens (primary N) is 1. The molecule has 0 aliphatic rings. The number of hydrogen-bond donors (Lipinski definition) is 2. The average Bonchev–Trinajstić information content (AvgIpc) is 2.34. The molecule has 0 spiro atoms. The standard InChI is InChI=1S/C13H15N3O2/c1-8(2)9-3-5-10(6-4-9)16-12(18)7-11(17)13(14)15-16/h3-8,17H,1-2H3,(H2,14,15). The van der Waals surface area contributed by atoms with Gasteiger partial charge in [0.15, 0.2) is 11.6 Å². The first-order valence-corrected chi connectivity index (χ1v) is 5.68. The first-order chi connectivity index (χ1) is 8.49. The van der Waals surface area contributed by atoms with Crippen LogP contribution in [0.4, 0.5) is 5.82 Å². The second-order valence-corrected chi connectivity index (χ2v) is 4.41. The molecule has 0 aliphatic carbocycles. The normalized spacial score (nSPS) is 10.8. The van der Waals surface area contributed by atoms with Crippen LogP contribution in [-0.4, -0.2) is 14.9 Å². The first kappa shape index (κ1) is 12.2. The molecule has 2 aromatic rings. The summed E-state index contributed by atoms with van der Waals surface area (Å²) in [6.45, 7) is 4.19. The first-order valence-electron chi connectivity index (χ1n) is 5.68. The Kier molecular flexibility index (Phi) is 3.06. The smallest absolute Gasteiger partial charge is 0.275 e. The number of anilines is 1. The molecule has 18 heavy (non-hydrogen) atoms. The summed E-state index contributed by atoms with van der Waals surface area (Å²) < 4.78 is 1.17. The second kappa shape index (κ2) is 4.52. The van der Waals surface area contributed by atoms with Crippen molar-refractivity contribution in [3.05, 3.63) is 46.2 Å². The second-order valence-electron chi connectivity index (χ2n) is 4.41. The third kappa shape index (κ3) is 2.20. The zero-order valence-electron chi connectivity index (χ0n) is 10.3. The van der Waals surface area contributed by atoms with Gasteiger partial charge in [-0.3, -0.25) is 4.79 Å². The predicted molar refractivity (Wildman–Crippen MR) is 70.0 cm³/mol. The highest BCUT2D eigenvalue weighted by Gasteiger charge is 2.07. The molecule has 0 bridgehead atoms. The van der Waals surface area contributed by atoms with E-state index < -0.39 is 5.56 Å². The van der Waals surface area contributed by atoms with Crippen LogP contribution in [-0.2, 0) is 0 Å². The van der Waals surface area contributed by atoms with E-state index in [1.165, 1.54) is 10.2 Å². The number of aromatic hydroxyl groups is 1. The minimum Gasteiger partial charge on any atom is -0.504 e. The Hall–Kier alpha value is -2.30. The molecule has 2 rings (SSSR count). The summed E-state index contributed by atoms with van der Waals surface area (Å²) in [7, 11) is 0. The SMILES string of the molecule is CC(C)c1ccc(-n2nc(N)c(O)cc2=O)cc1. The van der Waals surface area contributed by atoms with E-state index in [1.807, 2.05) is 12.1 Å². The van der Waals surface area contributed by atoms with Crippen LogP contribution in [0.25, 0.3) is 5.69 Å². The Bertz CT molecular complexity index is 615. The summed E-state index contributed by atoms with van der Waals surface area (Å²) in [5.74, 6) is 0.0613. The maximum Gasteiger partial charge on any atom is 0.275 e. The van der Waals surface area contributed by atoms with Crippen LogP contribution in [0.1, 0.15) is 25.3 Å². The molecule has 5 heteroatoms. The summed E-state index contributed by atoms with van der Waals surface area (Å²) in [5, 5.41) is 13.1. The quantitative estimate of drug-likeness (QED) is 0.842. The molecule has 0 amide bonds. The van der Waals surface area contributed by atoms with Gasteiger partial charge in [0.2, 0.25) is 0 Å². The fourth-order valence-electron chi connectivity index (χ4n) is 1.65. The Morgan fingerprint density at radius 1 is 1.28 bits per heavy atom. The van der Waals surface area contributed by atoms with Gasteiger partial charge in [-0.1, -0.05) is 26.0 Å². The molecule has 0 saturated heterocycles. The average molecular weight is 245 g/mol. The molecule has 5 nitrogen and oxygen atoms in total. The number of aromatic nitrogens is 2. The van der Waals surface area contributed by atoms with Crippen molar-refractivity contribution >= 4 is 5.82 Å². The van der Waals surface area contributed by atoms with Crippen LogP contribution in [0.2, 0.25) is 0 Å². The number of hydrogen-bond acceptors (Lipinski definition) is 4. The van der Waals surface area contributed by atoms with E-state index in [-0.39, 0.29) is 11.6 Å². The topological polar surface area (TPSA) is 81.1 Å². The van der Waals surface area contributed by atoms with Crippen molar-refractivity contribution in [3.8, 4) is 11.4 Å². The van der Waals surface area contributed by atoms with E-state index in [4.69, 9.17) is 5.73 Å². The molecule has 0 saturated carbocycles. The summed E-state index contributed by atoms with van der Waals surface area (Å²) in [4.78, 5) is 11.7. The van der Waals surface area contributed by atoms with Crippen LogP contribution in [0, 0.1) is 0 Å². The number of benzene rings is 1. The van der Waals surface area contributed by atoms with E-state index in [0.29, 0.717) is 11.6 Å². The number of nitrogen functional groups attached to an aromatic ring is 1. The molecule has 3 N–H and O–H groups in total. The van der Waals surface area contributed by atoms with Gasteiger partial charge in [-0.15, -0.1) is 5.10 Å². The van der Waals surface area contributed by atoms with E-state index >= 15 is 0 Å². The predicted octanol–water partition coefficient (Wildman–Crippen LogP) is 1.64. The summed E-state index contributed by atoms with van der Waals surface area (Å²) in [6.07, 6.45) is 0. The maximum absolute atomic E-state index is 11.7. The van der Waals surface area contributed by atoms with E-state index in [1.54, 1.807) is 12.1 Å². The molecule has 0 radical (unpaired) electrons. The van der Waals surface area contributed by atoms with Gasteiger partial charge in [0.1, 0.15) is 0 Å². The lowest BCUT2D eigenvalue weighted by Gasteiger charge is -2.08. The lowest BCUT2D eigenvalue weighted by Crippen LogP contribution is -2.21. The van der Waals surface area contributed by atoms with E-state index in [0.717, 1.165) is 6.07 Å². The molecular formula is C13H15N3O2. The molecule has 94 valence electrons. The Labute approximate surface area is 104 Å². The van der Waals surface area contributed by atoms with Gasteiger partial charge < -0.3 is 10.8 Å². The Morgan fingerprint density at radius 3 is 2.44 bits per heavy atom. The third-order valence-electron chi connectivity index (χ3n) is 2.74. The van der Waals surface area contributed by atoms with Crippen molar-refractivity contribution in [3.63, 3.8) is 0 Å². The van der Waals surface area contributed by atoms with Gasteiger partial charge in [0.25, 0.3) is 5.56 Å². The third-order valence-corrected chi connectivity index (χ3v) is 2.74. The highest BCUT2D eigenvalue weighted by Crippen LogP contribution is 2.17. The largest absolute Gasteiger partial charge is 0.504 e. The highest BCUT2D eigenvalue weighted by atomic mass is 16.3. The molecular weight excluding hydrogens is 230 g/mol. The molecule has 1 heterocycles. The van der Waals surface area contributed by atoms with Crippen molar-refractivity contribution in [1.29, 1.82) is 0 Å². The Balaban J connectivity index is 2.49. The molecule has 0 unspecified atom stereocenters. The summed E-state index contributed by atoms with van der Waals surface area (Å²) in [6, 6.07) is 8.55. The molecule has 0 aliphatic heterocycles. The minimum absolute atomic E-state index is 0.0671. The van der Waals surface area contributed by atoms with Crippen LogP contribution in [0.5, 0.6) is 5.75 Å². The monoisotopic (exact) mass is 245 g/mol. The van der Waals surface area contributed by atoms with Gasteiger partial charge in [-0.25, -0.2) is 0 Å². The molecule has 0 atom stereocenters. The van der Waals surface area contributed by atoms with Crippen LogP contribution in [0.15, 0.2) is 35.1 Å². The highest BCUT2D eigenvalue weighted by molar-refractivity contribution is 5.44. The fraction of sp³-hybridized carbons (Fsp3) is 0.231. The maximum atomic E-state index is 11.7. The molecule has 0 fully saturated rings. The lowest BCUT2D eigenvalue weighted by molar-refractivity contribution is 0.471. The van der Waals surface area contributed by atoms with Crippen molar-refractivity contribution in [2.75, 3.05) is 5.73 Å². The van der Waals surface area contributed by atoms with Crippen molar-refractivity contribution < 1.29 is 5.11 Å². The lowest BCUT2D eigenvalue weighted by atomic mass is 10.0. The van der Waals surface area contributed by atoms with Gasteiger partial charge in [-0.2, -0.15) is 4.68 Å². The van der Waals surface area contributed by atoms with Crippen molar-refractivity contribution in [1.82, 2.24) is 9.78 Å². The molecule has 1 aromatic heterocycles. The minimum atomic E-state index is -0.418. The van der Waals surface area contributed by atoms with E-state index in [2.05, 4.69) is 18.9 Å². The van der Waals surface area contributed by atoms with Gasteiger partial charge in [0, 0.05) is 0 Å². The zero-order chi connectivity index (χ0) is 13.3. The number of rotatable bonds is 2. The summed E-state index contributed by atoms with van der Waals surface area (Å²) in [5.41, 5.74) is 6.87. The summed E-state index contributed by atoms with van der Waals surface area (Å²) >= 11 is 0. The van der Waals surface area contributed by atoms with Crippen LogP contribution < -0.4 is 11.3 Å². The molecule has 1 aromatic carbocycles. The number of nitrogens with zero attached hydrogens (tertiary/aromatic N) is 2. The van der Waals surface area contributed by atoms with E-state index in [9.17, 15) is 9.90 Å². The van der Waals surface area contributed by atoms with Crippen molar-refractivity contribution in [2.45, 2.75) is 19.8 Å². The fourth-order valence-corrected chi connectivity index (χ4v) is 1.65. The van der Waals surface area contributed by atoms with Crippen LogP contribution >= 0.6 is 0 Å². The van der Waals surface area contributed by atoms with Crippen molar-refractivity contribution in [2.24, 2.45) is 0 Å². The van der Waals surface area contributed by atoms with Gasteiger partial charge in [0.05, 0.1) is 11.8 Å². The Morgan fingerprint density at radius 2 is 1.89 bits per heavy atom. The van der Waals surface area contributed by atoms with Gasteiger partial charge in [-0.05, 0) is 23.6 Å². The van der Waals surface area contributed by atoms with Gasteiger partial charge >= 0.3 is 0 Å².